The molecule has 0 radical (unpaired) electrons. The molecular formula is C16H18N2O3. The molecule has 0 aliphatic rings. The van der Waals surface area contributed by atoms with Crippen LogP contribution < -0.4 is 5.32 Å². The molecule has 110 valence electrons. The summed E-state index contributed by atoms with van der Waals surface area (Å²) in [6.45, 7) is 2.00. The second-order valence-corrected chi connectivity index (χ2v) is 4.82. The van der Waals surface area contributed by atoms with E-state index < -0.39 is 0 Å². The number of rotatable bonds is 5. The van der Waals surface area contributed by atoms with Gasteiger partial charge in [0.15, 0.2) is 0 Å². The number of nitrogens with zero attached hydrogens (tertiary/aromatic N) is 1. The van der Waals surface area contributed by atoms with Crippen LogP contribution in [-0.2, 0) is 11.2 Å². The van der Waals surface area contributed by atoms with E-state index in [-0.39, 0.29) is 11.8 Å². The summed E-state index contributed by atoms with van der Waals surface area (Å²) >= 11 is 0. The van der Waals surface area contributed by atoms with Gasteiger partial charge in [-0.2, -0.15) is 0 Å². The zero-order chi connectivity index (χ0) is 15.2. The third-order valence-electron chi connectivity index (χ3n) is 3.05. The van der Waals surface area contributed by atoms with Crippen molar-refractivity contribution in [2.45, 2.75) is 13.3 Å². The van der Waals surface area contributed by atoms with Gasteiger partial charge in [-0.05, 0) is 30.3 Å². The maximum atomic E-state index is 12.3. The fourth-order valence-corrected chi connectivity index (χ4v) is 1.99. The lowest BCUT2D eigenvalue weighted by Gasteiger charge is -2.17. The van der Waals surface area contributed by atoms with Gasteiger partial charge in [-0.15, -0.1) is 0 Å². The number of anilines is 1. The Morgan fingerprint density at radius 2 is 2.05 bits per heavy atom. The number of nitrogens with one attached hydrogen (secondary N) is 1. The van der Waals surface area contributed by atoms with Crippen molar-refractivity contribution >= 4 is 17.5 Å². The summed E-state index contributed by atoms with van der Waals surface area (Å²) in [5.41, 5.74) is 1.16. The number of carbonyl (C=O) groups is 2. The Balaban J connectivity index is 1.99. The van der Waals surface area contributed by atoms with E-state index in [4.69, 9.17) is 4.42 Å². The second-order valence-electron chi connectivity index (χ2n) is 4.82. The molecule has 0 saturated carbocycles. The Bertz CT molecular complexity index is 620. The number of hydrogen-bond donors (Lipinski definition) is 1. The molecule has 0 aliphatic heterocycles. The highest BCUT2D eigenvalue weighted by Crippen LogP contribution is 2.13. The van der Waals surface area contributed by atoms with Gasteiger partial charge in [0.2, 0.25) is 5.91 Å². The molecule has 0 spiro atoms. The minimum absolute atomic E-state index is 0.0891. The first-order chi connectivity index (χ1) is 10.1. The van der Waals surface area contributed by atoms with E-state index in [1.165, 1.54) is 6.92 Å². The van der Waals surface area contributed by atoms with Crippen LogP contribution in [0.15, 0.2) is 47.1 Å². The van der Waals surface area contributed by atoms with Gasteiger partial charge in [0.1, 0.15) is 5.76 Å². The second kappa shape index (κ2) is 6.74. The van der Waals surface area contributed by atoms with E-state index in [1.807, 2.05) is 12.1 Å². The average Bonchev–Trinajstić information content (AvgIpc) is 2.97. The van der Waals surface area contributed by atoms with E-state index in [0.29, 0.717) is 24.2 Å². The lowest BCUT2D eigenvalue weighted by atomic mass is 10.1. The van der Waals surface area contributed by atoms with Crippen molar-refractivity contribution in [2.75, 3.05) is 18.9 Å². The van der Waals surface area contributed by atoms with Crippen LogP contribution in [-0.4, -0.2) is 30.3 Å². The van der Waals surface area contributed by atoms with Crippen LogP contribution in [0.2, 0.25) is 0 Å². The summed E-state index contributed by atoms with van der Waals surface area (Å²) in [6.07, 6.45) is 2.29. The first-order valence-electron chi connectivity index (χ1n) is 6.72. The van der Waals surface area contributed by atoms with Crippen molar-refractivity contribution < 1.29 is 14.0 Å². The quantitative estimate of drug-likeness (QED) is 0.918. The zero-order valence-corrected chi connectivity index (χ0v) is 12.1. The molecule has 0 fully saturated rings. The van der Waals surface area contributed by atoms with E-state index in [9.17, 15) is 9.59 Å². The summed E-state index contributed by atoms with van der Waals surface area (Å²) in [7, 11) is 1.75. The normalized spacial score (nSPS) is 10.2. The number of amides is 2. The summed E-state index contributed by atoms with van der Waals surface area (Å²) in [6, 6.07) is 10.6. The molecule has 1 aromatic carbocycles. The number of hydrogen-bond acceptors (Lipinski definition) is 3. The van der Waals surface area contributed by atoms with Crippen molar-refractivity contribution in [1.29, 1.82) is 0 Å². The van der Waals surface area contributed by atoms with Crippen LogP contribution >= 0.6 is 0 Å². The standard InChI is InChI=1S/C16H18N2O3/c1-12(19)17-14-6-3-5-13(11-14)16(20)18(2)9-8-15-7-4-10-21-15/h3-7,10-11H,8-9H2,1-2H3,(H,17,19). The Kier molecular flexibility index (Phi) is 4.77. The molecule has 0 saturated heterocycles. The predicted octanol–water partition coefficient (Wildman–Crippen LogP) is 2.55. The van der Waals surface area contributed by atoms with E-state index >= 15 is 0 Å². The summed E-state index contributed by atoms with van der Waals surface area (Å²) in [5, 5.41) is 2.67. The van der Waals surface area contributed by atoms with Gasteiger partial charge in [0, 0.05) is 38.2 Å². The third kappa shape index (κ3) is 4.21. The van der Waals surface area contributed by atoms with Gasteiger partial charge in [-0.1, -0.05) is 6.07 Å². The molecular weight excluding hydrogens is 268 g/mol. The number of likely N-dealkylation sites (N-methyl/N-ethyl adjacent to an activating group) is 1. The Hall–Kier alpha value is -2.56. The number of benzene rings is 1. The van der Waals surface area contributed by atoms with Crippen LogP contribution in [0.3, 0.4) is 0 Å². The van der Waals surface area contributed by atoms with Gasteiger partial charge in [0.25, 0.3) is 5.91 Å². The largest absolute Gasteiger partial charge is 0.469 e. The fraction of sp³-hybridized carbons (Fsp3) is 0.250. The molecule has 2 rings (SSSR count). The maximum absolute atomic E-state index is 12.3. The van der Waals surface area contributed by atoms with Gasteiger partial charge in [0.05, 0.1) is 6.26 Å². The highest BCUT2D eigenvalue weighted by Gasteiger charge is 2.12. The summed E-state index contributed by atoms with van der Waals surface area (Å²) in [4.78, 5) is 25.0. The van der Waals surface area contributed by atoms with E-state index in [0.717, 1.165) is 5.76 Å². The minimum Gasteiger partial charge on any atom is -0.469 e. The SMILES string of the molecule is CC(=O)Nc1cccc(C(=O)N(C)CCc2ccco2)c1. The maximum Gasteiger partial charge on any atom is 0.253 e. The zero-order valence-electron chi connectivity index (χ0n) is 12.1. The van der Waals surface area contributed by atoms with Crippen molar-refractivity contribution in [1.82, 2.24) is 4.90 Å². The highest BCUT2D eigenvalue weighted by molar-refractivity contribution is 5.96. The fourth-order valence-electron chi connectivity index (χ4n) is 1.99. The molecule has 0 bridgehead atoms. The van der Waals surface area contributed by atoms with Crippen LogP contribution in [0.5, 0.6) is 0 Å². The summed E-state index contributed by atoms with van der Waals surface area (Å²) in [5.74, 6) is 0.598. The molecule has 21 heavy (non-hydrogen) atoms. The number of furan rings is 1. The molecule has 1 N–H and O–H groups in total. The van der Waals surface area contributed by atoms with E-state index in [1.54, 1.807) is 42.5 Å². The lowest BCUT2D eigenvalue weighted by Crippen LogP contribution is -2.28. The molecule has 1 aromatic heterocycles. The van der Waals surface area contributed by atoms with Gasteiger partial charge < -0.3 is 14.6 Å². The molecule has 0 atom stereocenters. The Labute approximate surface area is 123 Å². The van der Waals surface area contributed by atoms with Crippen molar-refractivity contribution in [2.24, 2.45) is 0 Å². The molecule has 2 aromatic rings. The molecule has 5 nitrogen and oxygen atoms in total. The van der Waals surface area contributed by atoms with Gasteiger partial charge in [-0.3, -0.25) is 9.59 Å². The van der Waals surface area contributed by atoms with Crippen LogP contribution in [0, 0.1) is 0 Å². The smallest absolute Gasteiger partial charge is 0.253 e. The first-order valence-corrected chi connectivity index (χ1v) is 6.72. The predicted molar refractivity (Wildman–Crippen MR) is 80.1 cm³/mol. The Morgan fingerprint density at radius 3 is 2.71 bits per heavy atom. The number of carbonyl (C=O) groups excluding carboxylic acids is 2. The molecule has 5 heteroatoms. The third-order valence-corrected chi connectivity index (χ3v) is 3.05. The van der Waals surface area contributed by atoms with Crippen LogP contribution in [0.4, 0.5) is 5.69 Å². The van der Waals surface area contributed by atoms with Crippen LogP contribution in [0.1, 0.15) is 23.0 Å². The van der Waals surface area contributed by atoms with Crippen LogP contribution in [0.25, 0.3) is 0 Å². The van der Waals surface area contributed by atoms with E-state index in [2.05, 4.69) is 5.32 Å². The highest BCUT2D eigenvalue weighted by atomic mass is 16.3. The molecule has 0 aliphatic carbocycles. The minimum atomic E-state index is -0.161. The molecule has 1 heterocycles. The monoisotopic (exact) mass is 286 g/mol. The van der Waals surface area contributed by atoms with Gasteiger partial charge in [-0.25, -0.2) is 0 Å². The van der Waals surface area contributed by atoms with Crippen molar-refractivity contribution in [3.05, 3.63) is 54.0 Å². The van der Waals surface area contributed by atoms with Gasteiger partial charge >= 0.3 is 0 Å². The first kappa shape index (κ1) is 14.8. The lowest BCUT2D eigenvalue weighted by molar-refractivity contribution is -0.114. The summed E-state index contributed by atoms with van der Waals surface area (Å²) < 4.78 is 5.25. The Morgan fingerprint density at radius 1 is 1.24 bits per heavy atom. The average molecular weight is 286 g/mol. The molecule has 0 unspecified atom stereocenters. The molecule has 2 amide bonds. The van der Waals surface area contributed by atoms with Crippen molar-refractivity contribution in [3.63, 3.8) is 0 Å². The topological polar surface area (TPSA) is 62.6 Å². The van der Waals surface area contributed by atoms with Crippen molar-refractivity contribution in [3.8, 4) is 0 Å².